The molecule has 30 heavy (non-hydrogen) atoms. The zero-order chi connectivity index (χ0) is 20.9. The molecule has 1 aliphatic heterocycles. The van der Waals surface area contributed by atoms with Crippen LogP contribution in [0.2, 0.25) is 0 Å². The average molecular weight is 408 g/mol. The maximum Gasteiger partial charge on any atom is 0.270 e. The van der Waals surface area contributed by atoms with Crippen molar-refractivity contribution < 1.29 is 19.4 Å². The Morgan fingerprint density at radius 1 is 1.37 bits per heavy atom. The Bertz CT molecular complexity index is 989. The van der Waals surface area contributed by atoms with Crippen molar-refractivity contribution in [1.82, 2.24) is 20.1 Å². The second kappa shape index (κ2) is 9.06. The molecule has 8 heteroatoms. The first kappa shape index (κ1) is 20.1. The fourth-order valence-corrected chi connectivity index (χ4v) is 3.47. The third-order valence-electron chi connectivity index (χ3n) is 5.14. The summed E-state index contributed by atoms with van der Waals surface area (Å²) in [6.07, 6.45) is 5.63. The van der Waals surface area contributed by atoms with Gasteiger partial charge in [-0.05, 0) is 36.2 Å². The van der Waals surface area contributed by atoms with Gasteiger partial charge >= 0.3 is 0 Å². The number of pyridine rings is 1. The number of carbonyl (C=O) groups excluding carboxylic acids is 1. The van der Waals surface area contributed by atoms with Gasteiger partial charge in [0.15, 0.2) is 0 Å². The number of nitrogens with zero attached hydrogens (tertiary/aromatic N) is 3. The highest BCUT2D eigenvalue weighted by Gasteiger charge is 2.26. The summed E-state index contributed by atoms with van der Waals surface area (Å²) in [5.41, 5.74) is 3.19. The largest absolute Gasteiger partial charge is 0.495 e. The molecule has 1 aromatic carbocycles. The van der Waals surface area contributed by atoms with Gasteiger partial charge in [-0.15, -0.1) is 0 Å². The second-order valence-electron chi connectivity index (χ2n) is 7.19. The van der Waals surface area contributed by atoms with Gasteiger partial charge in [-0.1, -0.05) is 12.1 Å². The van der Waals surface area contributed by atoms with E-state index in [-0.39, 0.29) is 24.2 Å². The van der Waals surface area contributed by atoms with Crippen LogP contribution in [-0.4, -0.2) is 58.2 Å². The molecule has 0 unspecified atom stereocenters. The summed E-state index contributed by atoms with van der Waals surface area (Å²) in [6, 6.07) is 11.3. The number of amides is 1. The SMILES string of the molecule is COc1cnc(C(=O)N[C@H]2CCOC[C@@H]2O)cc1Cc1ccc(-n2cccn2)cc1. The van der Waals surface area contributed by atoms with Crippen LogP contribution >= 0.6 is 0 Å². The molecule has 0 spiro atoms. The third-order valence-corrected chi connectivity index (χ3v) is 5.14. The summed E-state index contributed by atoms with van der Waals surface area (Å²) in [4.78, 5) is 16.9. The van der Waals surface area contributed by atoms with Crippen molar-refractivity contribution in [3.8, 4) is 11.4 Å². The maximum atomic E-state index is 12.7. The van der Waals surface area contributed by atoms with Crippen LogP contribution in [0.5, 0.6) is 5.75 Å². The van der Waals surface area contributed by atoms with Crippen molar-refractivity contribution >= 4 is 5.91 Å². The molecular weight excluding hydrogens is 384 g/mol. The molecule has 4 rings (SSSR count). The highest BCUT2D eigenvalue weighted by Crippen LogP contribution is 2.22. The molecule has 0 saturated carbocycles. The van der Waals surface area contributed by atoms with Gasteiger partial charge in [-0.25, -0.2) is 9.67 Å². The van der Waals surface area contributed by atoms with Gasteiger partial charge in [-0.2, -0.15) is 5.10 Å². The fourth-order valence-electron chi connectivity index (χ4n) is 3.47. The molecule has 3 aromatic rings. The van der Waals surface area contributed by atoms with Gasteiger partial charge in [0.1, 0.15) is 11.4 Å². The van der Waals surface area contributed by atoms with E-state index in [9.17, 15) is 9.90 Å². The number of nitrogens with one attached hydrogen (secondary N) is 1. The van der Waals surface area contributed by atoms with Crippen molar-refractivity contribution in [2.45, 2.75) is 25.0 Å². The number of methoxy groups -OCH3 is 1. The van der Waals surface area contributed by atoms with Crippen LogP contribution in [0.25, 0.3) is 5.69 Å². The molecule has 0 aliphatic carbocycles. The monoisotopic (exact) mass is 408 g/mol. The summed E-state index contributed by atoms with van der Waals surface area (Å²) in [6.45, 7) is 0.735. The van der Waals surface area contributed by atoms with Crippen molar-refractivity contribution in [1.29, 1.82) is 0 Å². The van der Waals surface area contributed by atoms with Crippen LogP contribution < -0.4 is 10.1 Å². The number of aliphatic hydroxyl groups is 1. The van der Waals surface area contributed by atoms with Gasteiger partial charge in [0.2, 0.25) is 0 Å². The molecule has 1 saturated heterocycles. The summed E-state index contributed by atoms with van der Waals surface area (Å²) >= 11 is 0. The number of benzene rings is 1. The summed E-state index contributed by atoms with van der Waals surface area (Å²) in [5, 5.41) is 17.1. The lowest BCUT2D eigenvalue weighted by molar-refractivity contribution is -0.0261. The molecule has 1 fully saturated rings. The van der Waals surface area contributed by atoms with Gasteiger partial charge in [0.25, 0.3) is 5.91 Å². The van der Waals surface area contributed by atoms with Crippen LogP contribution in [0, 0.1) is 0 Å². The Kier molecular flexibility index (Phi) is 6.06. The first-order valence-electron chi connectivity index (χ1n) is 9.82. The van der Waals surface area contributed by atoms with E-state index in [4.69, 9.17) is 9.47 Å². The smallest absolute Gasteiger partial charge is 0.270 e. The quantitative estimate of drug-likeness (QED) is 0.645. The van der Waals surface area contributed by atoms with E-state index in [1.54, 1.807) is 30.3 Å². The van der Waals surface area contributed by atoms with Crippen LogP contribution in [0.15, 0.2) is 55.0 Å². The van der Waals surface area contributed by atoms with Gasteiger partial charge in [0, 0.05) is 31.0 Å². The Labute approximate surface area is 174 Å². The molecule has 0 bridgehead atoms. The van der Waals surface area contributed by atoms with E-state index in [0.29, 0.717) is 25.2 Å². The summed E-state index contributed by atoms with van der Waals surface area (Å²) in [5.74, 6) is 0.299. The minimum absolute atomic E-state index is 0.223. The minimum Gasteiger partial charge on any atom is -0.495 e. The molecule has 3 heterocycles. The number of carbonyl (C=O) groups is 1. The van der Waals surface area contributed by atoms with Crippen molar-refractivity contribution in [2.75, 3.05) is 20.3 Å². The normalized spacial score (nSPS) is 18.7. The number of aromatic nitrogens is 3. The average Bonchev–Trinajstić information content (AvgIpc) is 3.31. The van der Waals surface area contributed by atoms with E-state index < -0.39 is 6.10 Å². The maximum absolute atomic E-state index is 12.7. The van der Waals surface area contributed by atoms with Crippen molar-refractivity contribution in [3.63, 3.8) is 0 Å². The number of aliphatic hydroxyl groups excluding tert-OH is 1. The van der Waals surface area contributed by atoms with Crippen LogP contribution in [0.3, 0.4) is 0 Å². The zero-order valence-corrected chi connectivity index (χ0v) is 16.7. The minimum atomic E-state index is -0.714. The van der Waals surface area contributed by atoms with Crippen LogP contribution in [0.4, 0.5) is 0 Å². The van der Waals surface area contributed by atoms with E-state index >= 15 is 0 Å². The molecule has 1 aliphatic rings. The highest BCUT2D eigenvalue weighted by atomic mass is 16.5. The number of rotatable bonds is 6. The molecule has 0 radical (unpaired) electrons. The third kappa shape index (κ3) is 4.50. The van der Waals surface area contributed by atoms with E-state index in [2.05, 4.69) is 15.4 Å². The molecule has 2 N–H and O–H groups in total. The molecule has 8 nitrogen and oxygen atoms in total. The Hall–Kier alpha value is -3.23. The van der Waals surface area contributed by atoms with E-state index in [1.165, 1.54) is 0 Å². The van der Waals surface area contributed by atoms with Gasteiger partial charge < -0.3 is 19.9 Å². The summed E-state index contributed by atoms with van der Waals surface area (Å²) in [7, 11) is 1.58. The number of hydrogen-bond acceptors (Lipinski definition) is 6. The molecular formula is C22H24N4O4. The van der Waals surface area contributed by atoms with Crippen molar-refractivity contribution in [2.24, 2.45) is 0 Å². The van der Waals surface area contributed by atoms with E-state index in [1.807, 2.05) is 36.5 Å². The Morgan fingerprint density at radius 2 is 2.20 bits per heavy atom. The second-order valence-corrected chi connectivity index (χ2v) is 7.19. The Balaban J connectivity index is 1.50. The van der Waals surface area contributed by atoms with Crippen molar-refractivity contribution in [3.05, 3.63) is 71.8 Å². The molecule has 1 amide bonds. The lowest BCUT2D eigenvalue weighted by atomic mass is 10.0. The summed E-state index contributed by atoms with van der Waals surface area (Å²) < 4.78 is 12.4. The predicted octanol–water partition coefficient (Wildman–Crippen LogP) is 1.75. The first-order valence-corrected chi connectivity index (χ1v) is 9.82. The van der Waals surface area contributed by atoms with Crippen LogP contribution in [0.1, 0.15) is 28.0 Å². The topological polar surface area (TPSA) is 98.5 Å². The standard InChI is InChI=1S/C22H24N4O4/c1-29-21-13-23-19(22(28)25-18-7-10-30-14-20(18)27)12-16(21)11-15-3-5-17(6-4-15)26-9-2-8-24-26/h2-6,8-9,12-13,18,20,27H,7,10-11,14H2,1H3,(H,25,28)/t18-,20-/m0/s1. The lowest BCUT2D eigenvalue weighted by Gasteiger charge is -2.28. The predicted molar refractivity (Wildman–Crippen MR) is 110 cm³/mol. The molecule has 156 valence electrons. The van der Waals surface area contributed by atoms with Crippen LogP contribution in [-0.2, 0) is 11.2 Å². The van der Waals surface area contributed by atoms with Gasteiger partial charge in [-0.3, -0.25) is 4.79 Å². The molecule has 2 atom stereocenters. The van der Waals surface area contributed by atoms with Gasteiger partial charge in [0.05, 0.1) is 37.7 Å². The highest BCUT2D eigenvalue weighted by molar-refractivity contribution is 5.92. The molecule has 2 aromatic heterocycles. The number of hydrogen-bond donors (Lipinski definition) is 2. The lowest BCUT2D eigenvalue weighted by Crippen LogP contribution is -2.48. The Morgan fingerprint density at radius 3 is 2.90 bits per heavy atom. The van der Waals surface area contributed by atoms with E-state index in [0.717, 1.165) is 16.8 Å². The zero-order valence-electron chi connectivity index (χ0n) is 16.7. The number of ether oxygens (including phenoxy) is 2. The fraction of sp³-hybridized carbons (Fsp3) is 0.318. The first-order chi connectivity index (χ1) is 14.6.